The topological polar surface area (TPSA) is 117 Å². The second-order valence-corrected chi connectivity index (χ2v) is 13.2. The highest BCUT2D eigenvalue weighted by atomic mass is 32.2. The molecule has 232 valence electrons. The number of amides is 1. The fourth-order valence-electron chi connectivity index (χ4n) is 4.92. The summed E-state index contributed by atoms with van der Waals surface area (Å²) < 4.78 is 67.4. The minimum atomic E-state index is -5.53. The normalized spacial score (nSPS) is 18.8. The zero-order valence-electron chi connectivity index (χ0n) is 23.4. The third-order valence-electron chi connectivity index (χ3n) is 7.29. The molecule has 2 aliphatic rings. The Hall–Kier alpha value is -3.81. The number of nitrogens with zero attached hydrogens (tertiary/aromatic N) is 1. The van der Waals surface area contributed by atoms with E-state index in [4.69, 9.17) is 4.74 Å². The second-order valence-electron chi connectivity index (χ2n) is 10.5. The monoisotopic (exact) mass is 645 g/mol. The molecule has 1 heterocycles. The van der Waals surface area contributed by atoms with Gasteiger partial charge in [-0.1, -0.05) is 55.7 Å². The van der Waals surface area contributed by atoms with Crippen molar-refractivity contribution in [2.45, 2.75) is 49.6 Å². The highest BCUT2D eigenvalue weighted by molar-refractivity contribution is 8.18. The molecule has 0 radical (unpaired) electrons. The molecule has 1 aliphatic heterocycles. The molecule has 5 rings (SSSR count). The molecule has 1 atom stereocenters. The first-order valence-corrected chi connectivity index (χ1v) is 16.3. The number of carbonyl (C=O) groups is 1. The van der Waals surface area contributed by atoms with Crippen molar-refractivity contribution in [2.75, 3.05) is 11.3 Å². The Bertz CT molecular complexity index is 1630. The molecule has 13 heteroatoms. The second kappa shape index (κ2) is 13.4. The molecule has 3 aromatic rings. The summed E-state index contributed by atoms with van der Waals surface area (Å²) in [6.07, 6.45) is 7.19. The molecule has 3 aromatic carbocycles. The Morgan fingerprint density at radius 2 is 1.66 bits per heavy atom. The van der Waals surface area contributed by atoms with Crippen LogP contribution in [-0.2, 0) is 14.8 Å². The number of aliphatic hydroxyl groups excluding tert-OH is 1. The van der Waals surface area contributed by atoms with Gasteiger partial charge in [0.25, 0.3) is 5.91 Å². The Kier molecular flexibility index (Phi) is 9.66. The van der Waals surface area contributed by atoms with E-state index in [1.165, 1.54) is 54.5 Å². The largest absolute Gasteiger partial charge is 0.516 e. The van der Waals surface area contributed by atoms with E-state index in [0.29, 0.717) is 22.3 Å². The van der Waals surface area contributed by atoms with Crippen molar-refractivity contribution in [3.05, 3.63) is 94.4 Å². The van der Waals surface area contributed by atoms with Crippen molar-refractivity contribution in [3.63, 3.8) is 0 Å². The quantitative estimate of drug-likeness (QED) is 0.216. The molecule has 1 aliphatic carbocycles. The highest BCUT2D eigenvalue weighted by Crippen LogP contribution is 2.33. The number of alkyl halides is 3. The van der Waals surface area contributed by atoms with E-state index in [1.807, 2.05) is 12.1 Å². The van der Waals surface area contributed by atoms with E-state index in [0.717, 1.165) is 35.0 Å². The average Bonchev–Trinajstić information content (AvgIpc) is 3.35. The maximum Gasteiger partial charge on any atom is 0.516 e. The van der Waals surface area contributed by atoms with Crippen LogP contribution in [0.5, 0.6) is 5.75 Å². The van der Waals surface area contributed by atoms with Gasteiger partial charge in [-0.05, 0) is 89.7 Å². The predicted octanol–water partition coefficient (Wildman–Crippen LogP) is 7.00. The number of benzene rings is 3. The van der Waals surface area contributed by atoms with Crippen molar-refractivity contribution in [1.82, 2.24) is 5.32 Å². The fourth-order valence-corrected chi connectivity index (χ4v) is 6.33. The number of halogens is 3. The standard InChI is InChI=1S/C31H30F3N3O5S2/c32-31(33,34)44(40,41)37-25-14-12-24(13-15-25)35-30-36-29(39)28(43-30)18-20-6-16-26(17-7-20)42-19-27(38)23-10-8-22(9-11-23)21-4-2-1-3-5-21/h6-18,21,27,37-38H,1-5,19H2,(H,35,36,39)/b28-18+. The Labute approximate surface area is 257 Å². The average molecular weight is 646 g/mol. The van der Waals surface area contributed by atoms with Crippen molar-refractivity contribution >= 4 is 50.3 Å². The van der Waals surface area contributed by atoms with Gasteiger partial charge in [0.2, 0.25) is 0 Å². The molecular weight excluding hydrogens is 615 g/mol. The summed E-state index contributed by atoms with van der Waals surface area (Å²) in [5.74, 6) is 0.799. The lowest BCUT2D eigenvalue weighted by atomic mass is 9.84. The highest BCUT2D eigenvalue weighted by Gasteiger charge is 2.46. The van der Waals surface area contributed by atoms with Crippen LogP contribution in [0.25, 0.3) is 6.08 Å². The maximum absolute atomic E-state index is 12.6. The van der Waals surface area contributed by atoms with E-state index in [1.54, 1.807) is 30.3 Å². The van der Waals surface area contributed by atoms with Crippen LogP contribution in [-0.4, -0.2) is 36.7 Å². The Balaban J connectivity index is 1.14. The first-order chi connectivity index (χ1) is 21.0. The molecule has 0 aromatic heterocycles. The van der Waals surface area contributed by atoms with Gasteiger partial charge in [0, 0.05) is 5.69 Å². The van der Waals surface area contributed by atoms with Crippen molar-refractivity contribution < 1.29 is 36.2 Å². The number of hydrogen-bond donors (Lipinski definition) is 3. The molecular formula is C31H30F3N3O5S2. The van der Waals surface area contributed by atoms with Crippen LogP contribution in [0.1, 0.15) is 60.8 Å². The summed E-state index contributed by atoms with van der Waals surface area (Å²) in [6.45, 7) is 0.0937. The van der Waals surface area contributed by atoms with Gasteiger partial charge < -0.3 is 15.2 Å². The van der Waals surface area contributed by atoms with Crippen LogP contribution in [0, 0.1) is 0 Å². The SMILES string of the molecule is O=C1NC(=Nc2ccc(NS(=O)(=O)C(F)(F)F)cc2)S/C1=C/c1ccc(OCC(O)c2ccc(C3CCCCC3)cc2)cc1. The minimum Gasteiger partial charge on any atom is -0.491 e. The number of amidine groups is 1. The zero-order valence-corrected chi connectivity index (χ0v) is 25.0. The number of aliphatic imine (C=N–C) groups is 1. The summed E-state index contributed by atoms with van der Waals surface area (Å²) in [5, 5.41) is 13.5. The van der Waals surface area contributed by atoms with Gasteiger partial charge in [0.15, 0.2) is 5.17 Å². The molecule has 0 bridgehead atoms. The fraction of sp³-hybridized carbons (Fsp3) is 0.290. The van der Waals surface area contributed by atoms with Gasteiger partial charge in [-0.3, -0.25) is 9.52 Å². The number of rotatable bonds is 9. The minimum absolute atomic E-state index is 0.0937. The lowest BCUT2D eigenvalue weighted by molar-refractivity contribution is -0.115. The third-order valence-corrected chi connectivity index (χ3v) is 9.31. The van der Waals surface area contributed by atoms with Crippen LogP contribution < -0.4 is 14.8 Å². The number of nitrogens with one attached hydrogen (secondary N) is 2. The molecule has 3 N–H and O–H groups in total. The van der Waals surface area contributed by atoms with Gasteiger partial charge in [0.05, 0.1) is 10.6 Å². The first-order valence-electron chi connectivity index (χ1n) is 14.0. The van der Waals surface area contributed by atoms with Gasteiger partial charge in [0.1, 0.15) is 18.5 Å². The van der Waals surface area contributed by atoms with Gasteiger partial charge in [-0.15, -0.1) is 0 Å². The molecule has 1 unspecified atom stereocenters. The number of sulfonamides is 1. The van der Waals surface area contributed by atoms with Crippen molar-refractivity contribution in [3.8, 4) is 5.75 Å². The number of hydrogen-bond acceptors (Lipinski definition) is 7. The molecule has 2 fully saturated rings. The molecule has 1 amide bonds. The van der Waals surface area contributed by atoms with E-state index >= 15 is 0 Å². The number of carbonyl (C=O) groups excluding carboxylic acids is 1. The summed E-state index contributed by atoms with van der Waals surface area (Å²) >= 11 is 1.08. The number of ether oxygens (including phenoxy) is 1. The van der Waals surface area contributed by atoms with E-state index in [9.17, 15) is 31.5 Å². The number of aliphatic hydroxyl groups is 1. The van der Waals surface area contributed by atoms with Crippen LogP contribution in [0.3, 0.4) is 0 Å². The Morgan fingerprint density at radius 1 is 1.00 bits per heavy atom. The van der Waals surface area contributed by atoms with Crippen LogP contribution in [0.4, 0.5) is 24.5 Å². The van der Waals surface area contributed by atoms with E-state index < -0.39 is 21.6 Å². The molecule has 44 heavy (non-hydrogen) atoms. The molecule has 8 nitrogen and oxygen atoms in total. The maximum atomic E-state index is 12.6. The third kappa shape index (κ3) is 8.01. The number of thioether (sulfide) groups is 1. The summed E-state index contributed by atoms with van der Waals surface area (Å²) in [6, 6.07) is 20.1. The number of anilines is 1. The zero-order chi connectivity index (χ0) is 31.3. The van der Waals surface area contributed by atoms with Crippen LogP contribution in [0.15, 0.2) is 82.7 Å². The molecule has 0 spiro atoms. The first kappa shape index (κ1) is 31.6. The van der Waals surface area contributed by atoms with Gasteiger partial charge in [-0.2, -0.15) is 21.6 Å². The molecule has 1 saturated carbocycles. The van der Waals surface area contributed by atoms with Crippen molar-refractivity contribution in [2.24, 2.45) is 4.99 Å². The summed E-state index contributed by atoms with van der Waals surface area (Å²) in [4.78, 5) is 17.1. The van der Waals surface area contributed by atoms with E-state index in [2.05, 4.69) is 22.4 Å². The van der Waals surface area contributed by atoms with Gasteiger partial charge >= 0.3 is 15.5 Å². The van der Waals surface area contributed by atoms with Crippen LogP contribution >= 0.6 is 11.8 Å². The predicted molar refractivity (Wildman–Crippen MR) is 165 cm³/mol. The van der Waals surface area contributed by atoms with E-state index in [-0.39, 0.29) is 23.4 Å². The molecule has 1 saturated heterocycles. The van der Waals surface area contributed by atoms with Gasteiger partial charge in [-0.25, -0.2) is 4.99 Å². The Morgan fingerprint density at radius 3 is 2.30 bits per heavy atom. The lowest BCUT2D eigenvalue weighted by Crippen LogP contribution is -2.29. The summed E-state index contributed by atoms with van der Waals surface area (Å²) in [5.41, 5.74) is -2.55. The lowest BCUT2D eigenvalue weighted by Gasteiger charge is -2.22. The van der Waals surface area contributed by atoms with Crippen LogP contribution in [0.2, 0.25) is 0 Å². The smallest absolute Gasteiger partial charge is 0.491 e. The van der Waals surface area contributed by atoms with Crippen molar-refractivity contribution in [1.29, 1.82) is 0 Å². The summed E-state index contributed by atoms with van der Waals surface area (Å²) in [7, 11) is -5.53.